The zero-order valence-corrected chi connectivity index (χ0v) is 11.9. The van der Waals surface area contributed by atoms with Crippen LogP contribution in [0.15, 0.2) is 30.3 Å². The number of nitrogens with one attached hydrogen (secondary N) is 2. The smallest absolute Gasteiger partial charge is 0.233 e. The molecule has 0 spiro atoms. The highest BCUT2D eigenvalue weighted by Gasteiger charge is 2.22. The Morgan fingerprint density at radius 1 is 1.26 bits per heavy atom. The van der Waals surface area contributed by atoms with Crippen LogP contribution in [0.3, 0.4) is 0 Å². The average Bonchev–Trinajstić information content (AvgIpc) is 3.21. The number of benzene rings is 1. The molecule has 1 saturated carbocycles. The highest BCUT2D eigenvalue weighted by Crippen LogP contribution is 2.27. The van der Waals surface area contributed by atoms with Crippen molar-refractivity contribution in [1.82, 2.24) is 10.6 Å². The molecular formula is C16H24N2O. The number of rotatable bonds is 7. The second-order valence-corrected chi connectivity index (χ2v) is 6.10. The molecule has 1 aliphatic rings. The molecule has 0 heterocycles. The van der Waals surface area contributed by atoms with Crippen LogP contribution in [-0.4, -0.2) is 25.5 Å². The van der Waals surface area contributed by atoms with Crippen molar-refractivity contribution in [2.45, 2.75) is 32.1 Å². The van der Waals surface area contributed by atoms with E-state index in [0.29, 0.717) is 6.54 Å². The molecule has 0 bridgehead atoms. The lowest BCUT2D eigenvalue weighted by molar-refractivity contribution is -0.120. The molecule has 3 heteroatoms. The lowest BCUT2D eigenvalue weighted by atomic mass is 9.85. The first-order valence-electron chi connectivity index (χ1n) is 7.11. The van der Waals surface area contributed by atoms with Crippen molar-refractivity contribution in [1.29, 1.82) is 0 Å². The largest absolute Gasteiger partial charge is 0.355 e. The molecule has 2 rings (SSSR count). The fourth-order valence-corrected chi connectivity index (χ4v) is 2.12. The minimum Gasteiger partial charge on any atom is -0.355 e. The van der Waals surface area contributed by atoms with E-state index in [-0.39, 0.29) is 11.3 Å². The average molecular weight is 260 g/mol. The molecule has 0 unspecified atom stereocenters. The highest BCUT2D eigenvalue weighted by molar-refractivity contribution is 5.78. The van der Waals surface area contributed by atoms with E-state index in [9.17, 15) is 4.79 Å². The summed E-state index contributed by atoms with van der Waals surface area (Å²) in [6.07, 6.45) is 2.55. The molecule has 104 valence electrons. The Labute approximate surface area is 115 Å². The van der Waals surface area contributed by atoms with E-state index in [1.165, 1.54) is 18.4 Å². The van der Waals surface area contributed by atoms with Gasteiger partial charge in [0.1, 0.15) is 0 Å². The molecular weight excluding hydrogens is 236 g/mol. The fourth-order valence-electron chi connectivity index (χ4n) is 2.12. The van der Waals surface area contributed by atoms with Gasteiger partial charge in [-0.05, 0) is 24.3 Å². The first-order valence-corrected chi connectivity index (χ1v) is 7.11. The summed E-state index contributed by atoms with van der Waals surface area (Å²) >= 11 is 0. The van der Waals surface area contributed by atoms with Crippen LogP contribution in [0.5, 0.6) is 0 Å². The molecule has 1 amide bonds. The van der Waals surface area contributed by atoms with E-state index in [0.717, 1.165) is 19.0 Å². The van der Waals surface area contributed by atoms with Gasteiger partial charge in [-0.2, -0.15) is 0 Å². The predicted octanol–water partition coefficient (Wildman–Crippen LogP) is 2.08. The quantitative estimate of drug-likeness (QED) is 0.788. The van der Waals surface area contributed by atoms with Crippen molar-refractivity contribution in [2.75, 3.05) is 19.6 Å². The third-order valence-corrected chi connectivity index (χ3v) is 3.69. The molecule has 2 N–H and O–H groups in total. The molecule has 19 heavy (non-hydrogen) atoms. The van der Waals surface area contributed by atoms with Gasteiger partial charge in [-0.15, -0.1) is 0 Å². The van der Waals surface area contributed by atoms with Crippen molar-refractivity contribution in [3.63, 3.8) is 0 Å². The Morgan fingerprint density at radius 2 is 1.95 bits per heavy atom. The third-order valence-electron chi connectivity index (χ3n) is 3.69. The van der Waals surface area contributed by atoms with Crippen LogP contribution in [0.25, 0.3) is 0 Å². The van der Waals surface area contributed by atoms with Crippen molar-refractivity contribution in [3.05, 3.63) is 35.9 Å². The second kappa shape index (κ2) is 6.20. The molecule has 0 atom stereocenters. The minimum absolute atomic E-state index is 0.0397. The van der Waals surface area contributed by atoms with E-state index in [1.54, 1.807) is 0 Å². The fraction of sp³-hybridized carbons (Fsp3) is 0.562. The number of carbonyl (C=O) groups excluding carboxylic acids is 1. The lowest BCUT2D eigenvalue weighted by Crippen LogP contribution is -2.40. The molecule has 0 saturated heterocycles. The van der Waals surface area contributed by atoms with Crippen LogP contribution in [-0.2, 0) is 10.2 Å². The van der Waals surface area contributed by atoms with E-state index >= 15 is 0 Å². The van der Waals surface area contributed by atoms with Gasteiger partial charge in [0.05, 0.1) is 6.54 Å². The van der Waals surface area contributed by atoms with Gasteiger partial charge in [0, 0.05) is 18.5 Å². The van der Waals surface area contributed by atoms with Gasteiger partial charge in [-0.3, -0.25) is 4.79 Å². The van der Waals surface area contributed by atoms with Crippen LogP contribution < -0.4 is 10.6 Å². The van der Waals surface area contributed by atoms with E-state index in [1.807, 2.05) is 6.07 Å². The van der Waals surface area contributed by atoms with Crippen LogP contribution in [0.2, 0.25) is 0 Å². The Morgan fingerprint density at radius 3 is 2.58 bits per heavy atom. The SMILES string of the molecule is CC(C)(CNCC(=O)NCC1CC1)c1ccccc1. The summed E-state index contributed by atoms with van der Waals surface area (Å²) in [6, 6.07) is 10.4. The van der Waals surface area contributed by atoms with Crippen LogP contribution >= 0.6 is 0 Å². The molecule has 0 radical (unpaired) electrons. The minimum atomic E-state index is 0.0397. The van der Waals surface area contributed by atoms with Crippen LogP contribution in [0.4, 0.5) is 0 Å². The van der Waals surface area contributed by atoms with Crippen molar-refractivity contribution in [2.24, 2.45) is 5.92 Å². The summed E-state index contributed by atoms with van der Waals surface area (Å²) in [5.74, 6) is 0.848. The molecule has 1 fully saturated rings. The Bertz CT molecular complexity index is 410. The van der Waals surface area contributed by atoms with Gasteiger partial charge in [-0.25, -0.2) is 0 Å². The number of carbonyl (C=O) groups is 1. The maximum Gasteiger partial charge on any atom is 0.233 e. The Balaban J connectivity index is 1.70. The van der Waals surface area contributed by atoms with Crippen molar-refractivity contribution in [3.8, 4) is 0 Å². The normalized spacial score (nSPS) is 15.3. The highest BCUT2D eigenvalue weighted by atomic mass is 16.1. The first-order chi connectivity index (χ1) is 9.08. The summed E-state index contributed by atoms with van der Waals surface area (Å²) in [4.78, 5) is 11.6. The number of hydrogen-bond donors (Lipinski definition) is 2. The predicted molar refractivity (Wildman–Crippen MR) is 78.1 cm³/mol. The summed E-state index contributed by atoms with van der Waals surface area (Å²) < 4.78 is 0. The van der Waals surface area contributed by atoms with E-state index in [4.69, 9.17) is 0 Å². The van der Waals surface area contributed by atoms with Gasteiger partial charge in [0.15, 0.2) is 0 Å². The molecule has 0 aliphatic heterocycles. The Kier molecular flexibility index (Phi) is 4.59. The molecule has 1 aliphatic carbocycles. The molecule has 1 aromatic rings. The molecule has 1 aromatic carbocycles. The van der Waals surface area contributed by atoms with E-state index < -0.39 is 0 Å². The first kappa shape index (κ1) is 14.1. The van der Waals surface area contributed by atoms with Crippen LogP contribution in [0, 0.1) is 5.92 Å². The zero-order valence-electron chi connectivity index (χ0n) is 11.9. The lowest BCUT2D eigenvalue weighted by Gasteiger charge is -2.25. The van der Waals surface area contributed by atoms with E-state index in [2.05, 4.69) is 48.7 Å². The number of amides is 1. The summed E-state index contributed by atoms with van der Waals surface area (Å²) in [6.45, 7) is 6.44. The summed E-state index contributed by atoms with van der Waals surface area (Å²) in [5, 5.41) is 6.23. The zero-order chi connectivity index (χ0) is 13.7. The standard InChI is InChI=1S/C16H24N2O/c1-16(2,14-6-4-3-5-7-14)12-17-11-15(19)18-10-13-8-9-13/h3-7,13,17H,8-12H2,1-2H3,(H,18,19). The molecule has 0 aromatic heterocycles. The summed E-state index contributed by atoms with van der Waals surface area (Å²) in [5.41, 5.74) is 1.33. The van der Waals surface area contributed by atoms with Gasteiger partial charge >= 0.3 is 0 Å². The summed E-state index contributed by atoms with van der Waals surface area (Å²) in [7, 11) is 0. The third kappa shape index (κ3) is 4.67. The monoisotopic (exact) mass is 260 g/mol. The van der Waals surface area contributed by atoms with Crippen molar-refractivity contribution >= 4 is 5.91 Å². The van der Waals surface area contributed by atoms with Gasteiger partial charge in [0.2, 0.25) is 5.91 Å². The van der Waals surface area contributed by atoms with Gasteiger partial charge in [-0.1, -0.05) is 44.2 Å². The van der Waals surface area contributed by atoms with Crippen molar-refractivity contribution < 1.29 is 4.79 Å². The van der Waals surface area contributed by atoms with Gasteiger partial charge in [0.25, 0.3) is 0 Å². The van der Waals surface area contributed by atoms with Crippen LogP contribution in [0.1, 0.15) is 32.3 Å². The second-order valence-electron chi connectivity index (χ2n) is 6.10. The molecule has 3 nitrogen and oxygen atoms in total. The maximum absolute atomic E-state index is 11.6. The topological polar surface area (TPSA) is 41.1 Å². The van der Waals surface area contributed by atoms with Gasteiger partial charge < -0.3 is 10.6 Å². The number of hydrogen-bond acceptors (Lipinski definition) is 2. The maximum atomic E-state index is 11.6. The Hall–Kier alpha value is -1.35.